The van der Waals surface area contributed by atoms with E-state index >= 15 is 0 Å². The van der Waals surface area contributed by atoms with E-state index in [1.165, 1.54) is 11.1 Å². The van der Waals surface area contributed by atoms with Gasteiger partial charge in [-0.05, 0) is 29.9 Å². The standard InChI is InChI=1S/C18H21NO/c20-13-17-11-16(14-7-3-1-4-8-14)12-18(19-17)15-9-5-2-6-10-15/h1-10,16-20H,11-13H2. The van der Waals surface area contributed by atoms with Crippen LogP contribution in [-0.4, -0.2) is 17.8 Å². The van der Waals surface area contributed by atoms with Crippen molar-refractivity contribution in [3.8, 4) is 0 Å². The van der Waals surface area contributed by atoms with Crippen molar-refractivity contribution in [2.45, 2.75) is 30.8 Å². The van der Waals surface area contributed by atoms with E-state index in [2.05, 4.69) is 59.9 Å². The Hall–Kier alpha value is -1.64. The van der Waals surface area contributed by atoms with Gasteiger partial charge in [0.1, 0.15) is 0 Å². The van der Waals surface area contributed by atoms with Gasteiger partial charge < -0.3 is 10.4 Å². The van der Waals surface area contributed by atoms with Gasteiger partial charge in [-0.3, -0.25) is 0 Å². The number of aliphatic hydroxyl groups is 1. The lowest BCUT2D eigenvalue weighted by Crippen LogP contribution is -2.42. The van der Waals surface area contributed by atoms with E-state index < -0.39 is 0 Å². The van der Waals surface area contributed by atoms with Crippen LogP contribution in [0.5, 0.6) is 0 Å². The summed E-state index contributed by atoms with van der Waals surface area (Å²) in [4.78, 5) is 0. The van der Waals surface area contributed by atoms with Crippen LogP contribution in [0.1, 0.15) is 35.9 Å². The Morgan fingerprint density at radius 2 is 1.45 bits per heavy atom. The summed E-state index contributed by atoms with van der Waals surface area (Å²) >= 11 is 0. The van der Waals surface area contributed by atoms with Gasteiger partial charge in [0.2, 0.25) is 0 Å². The highest BCUT2D eigenvalue weighted by Gasteiger charge is 2.29. The number of hydrogen-bond donors (Lipinski definition) is 2. The van der Waals surface area contributed by atoms with Crippen molar-refractivity contribution in [1.82, 2.24) is 5.32 Å². The molecule has 2 nitrogen and oxygen atoms in total. The van der Waals surface area contributed by atoms with Crippen LogP contribution in [0, 0.1) is 0 Å². The van der Waals surface area contributed by atoms with E-state index in [1.54, 1.807) is 0 Å². The van der Waals surface area contributed by atoms with Crippen molar-refractivity contribution in [3.63, 3.8) is 0 Å². The van der Waals surface area contributed by atoms with Crippen LogP contribution in [0.15, 0.2) is 60.7 Å². The van der Waals surface area contributed by atoms with Gasteiger partial charge in [-0.1, -0.05) is 60.7 Å². The molecule has 1 heterocycles. The lowest BCUT2D eigenvalue weighted by molar-refractivity contribution is 0.186. The van der Waals surface area contributed by atoms with Crippen molar-refractivity contribution >= 4 is 0 Å². The minimum atomic E-state index is 0.180. The van der Waals surface area contributed by atoms with Crippen LogP contribution >= 0.6 is 0 Å². The fraction of sp³-hybridized carbons (Fsp3) is 0.333. The molecule has 0 spiro atoms. The Labute approximate surface area is 120 Å². The molecule has 2 aromatic carbocycles. The van der Waals surface area contributed by atoms with Crippen molar-refractivity contribution in [2.75, 3.05) is 6.61 Å². The van der Waals surface area contributed by atoms with Gasteiger partial charge in [-0.15, -0.1) is 0 Å². The highest BCUT2D eigenvalue weighted by Crippen LogP contribution is 2.36. The molecule has 2 aromatic rings. The zero-order chi connectivity index (χ0) is 13.8. The first-order chi connectivity index (χ1) is 9.86. The van der Waals surface area contributed by atoms with Crippen LogP contribution in [0.2, 0.25) is 0 Å². The molecule has 1 fully saturated rings. The fourth-order valence-electron chi connectivity index (χ4n) is 3.19. The molecule has 104 valence electrons. The Kier molecular flexibility index (Phi) is 4.14. The Balaban J connectivity index is 1.83. The number of aliphatic hydroxyl groups excluding tert-OH is 1. The fourth-order valence-corrected chi connectivity index (χ4v) is 3.19. The van der Waals surface area contributed by atoms with E-state index in [0.717, 1.165) is 12.8 Å². The van der Waals surface area contributed by atoms with Crippen LogP contribution < -0.4 is 5.32 Å². The second-order valence-electron chi connectivity index (χ2n) is 5.59. The summed E-state index contributed by atoms with van der Waals surface area (Å²) in [5.41, 5.74) is 2.69. The number of rotatable bonds is 3. The molecule has 0 amide bonds. The lowest BCUT2D eigenvalue weighted by atomic mass is 9.81. The van der Waals surface area contributed by atoms with Crippen LogP contribution in [-0.2, 0) is 0 Å². The normalized spacial score (nSPS) is 26.4. The zero-order valence-electron chi connectivity index (χ0n) is 11.6. The second kappa shape index (κ2) is 6.21. The molecule has 2 N–H and O–H groups in total. The van der Waals surface area contributed by atoms with Crippen LogP contribution in [0.25, 0.3) is 0 Å². The first-order valence-electron chi connectivity index (χ1n) is 7.33. The average Bonchev–Trinajstić information content (AvgIpc) is 2.56. The van der Waals surface area contributed by atoms with E-state index in [9.17, 15) is 5.11 Å². The summed E-state index contributed by atoms with van der Waals surface area (Å²) in [6, 6.07) is 21.7. The van der Waals surface area contributed by atoms with Crippen molar-refractivity contribution < 1.29 is 5.11 Å². The second-order valence-corrected chi connectivity index (χ2v) is 5.59. The lowest BCUT2D eigenvalue weighted by Gasteiger charge is -2.36. The summed E-state index contributed by atoms with van der Waals surface area (Å²) in [5, 5.41) is 13.1. The van der Waals surface area contributed by atoms with Gasteiger partial charge in [0.25, 0.3) is 0 Å². The minimum absolute atomic E-state index is 0.180. The molecule has 1 saturated heterocycles. The number of piperidine rings is 1. The third-order valence-electron chi connectivity index (χ3n) is 4.22. The third-order valence-corrected chi connectivity index (χ3v) is 4.22. The number of hydrogen-bond acceptors (Lipinski definition) is 2. The molecule has 20 heavy (non-hydrogen) atoms. The summed E-state index contributed by atoms with van der Waals surface area (Å²) in [7, 11) is 0. The smallest absolute Gasteiger partial charge is 0.0585 e. The quantitative estimate of drug-likeness (QED) is 0.894. The van der Waals surface area contributed by atoms with E-state index in [-0.39, 0.29) is 12.6 Å². The van der Waals surface area contributed by atoms with Gasteiger partial charge in [-0.2, -0.15) is 0 Å². The first-order valence-corrected chi connectivity index (χ1v) is 7.33. The molecule has 0 radical (unpaired) electrons. The number of benzene rings is 2. The molecule has 3 atom stereocenters. The molecular formula is C18H21NO. The van der Waals surface area contributed by atoms with Crippen LogP contribution in [0.3, 0.4) is 0 Å². The molecule has 0 saturated carbocycles. The van der Waals surface area contributed by atoms with Gasteiger partial charge in [0.15, 0.2) is 0 Å². The Bertz CT molecular complexity index is 478. The number of nitrogens with one attached hydrogen (secondary N) is 1. The van der Waals surface area contributed by atoms with Crippen molar-refractivity contribution in [1.29, 1.82) is 0 Å². The highest BCUT2D eigenvalue weighted by molar-refractivity contribution is 5.25. The SMILES string of the molecule is OCC1CC(c2ccccc2)CC(c2ccccc2)N1. The maximum absolute atomic E-state index is 9.56. The molecule has 1 aliphatic heterocycles. The molecule has 3 rings (SSSR count). The summed E-state index contributed by atoms with van der Waals surface area (Å²) in [6.07, 6.45) is 2.09. The third kappa shape index (κ3) is 2.92. The molecule has 0 bridgehead atoms. The van der Waals surface area contributed by atoms with E-state index in [0.29, 0.717) is 12.0 Å². The predicted octanol–water partition coefficient (Wildman–Crippen LogP) is 3.26. The summed E-state index contributed by atoms with van der Waals surface area (Å²) in [6.45, 7) is 0.201. The van der Waals surface area contributed by atoms with Gasteiger partial charge in [0.05, 0.1) is 6.61 Å². The van der Waals surface area contributed by atoms with Gasteiger partial charge in [0, 0.05) is 12.1 Å². The molecule has 0 aromatic heterocycles. The monoisotopic (exact) mass is 267 g/mol. The van der Waals surface area contributed by atoms with E-state index in [1.807, 2.05) is 6.07 Å². The highest BCUT2D eigenvalue weighted by atomic mass is 16.3. The summed E-state index contributed by atoms with van der Waals surface area (Å²) in [5.74, 6) is 0.514. The molecular weight excluding hydrogens is 246 g/mol. The molecule has 1 aliphatic rings. The van der Waals surface area contributed by atoms with Crippen molar-refractivity contribution in [2.24, 2.45) is 0 Å². The van der Waals surface area contributed by atoms with E-state index in [4.69, 9.17) is 0 Å². The molecule has 3 unspecified atom stereocenters. The largest absolute Gasteiger partial charge is 0.395 e. The van der Waals surface area contributed by atoms with Gasteiger partial charge in [-0.25, -0.2) is 0 Å². The zero-order valence-corrected chi connectivity index (χ0v) is 11.6. The average molecular weight is 267 g/mol. The molecule has 2 heteroatoms. The topological polar surface area (TPSA) is 32.3 Å². The summed E-state index contributed by atoms with van der Waals surface area (Å²) < 4.78 is 0. The maximum Gasteiger partial charge on any atom is 0.0585 e. The van der Waals surface area contributed by atoms with Crippen molar-refractivity contribution in [3.05, 3.63) is 71.8 Å². The predicted molar refractivity (Wildman–Crippen MR) is 81.6 cm³/mol. The minimum Gasteiger partial charge on any atom is -0.395 e. The maximum atomic E-state index is 9.56. The van der Waals surface area contributed by atoms with Gasteiger partial charge >= 0.3 is 0 Å². The Morgan fingerprint density at radius 3 is 2.05 bits per heavy atom. The molecule has 0 aliphatic carbocycles. The first kappa shape index (κ1) is 13.3. The van der Waals surface area contributed by atoms with Crippen LogP contribution in [0.4, 0.5) is 0 Å². The Morgan fingerprint density at radius 1 is 0.850 bits per heavy atom.